The van der Waals surface area contributed by atoms with Gasteiger partial charge in [0.15, 0.2) is 0 Å². The van der Waals surface area contributed by atoms with Crippen LogP contribution in [0.4, 0.5) is 11.4 Å². The van der Waals surface area contributed by atoms with E-state index in [9.17, 15) is 9.59 Å². The molecule has 0 aliphatic carbocycles. The molecule has 0 saturated carbocycles. The molecule has 0 atom stereocenters. The van der Waals surface area contributed by atoms with E-state index in [1.165, 1.54) is 4.90 Å². The molecule has 1 aliphatic rings. The van der Waals surface area contributed by atoms with Crippen LogP contribution in [-0.2, 0) is 9.59 Å². The third-order valence-electron chi connectivity index (χ3n) is 1.88. The molecule has 1 N–H and O–H groups in total. The maximum Gasteiger partial charge on any atom is 0.317 e. The van der Waals surface area contributed by atoms with Crippen LogP contribution in [0.3, 0.4) is 0 Å². The number of para-hydroxylation sites is 2. The average molecular weight is 175 g/mol. The standard InChI is InChI=1S/C9H7N2O2/c12-6-11-5-9(13)10-7-3-1-2-4-8(7)11/h1-4H,5H2,(H,10,13). The van der Waals surface area contributed by atoms with E-state index in [2.05, 4.69) is 5.32 Å². The molecule has 4 nitrogen and oxygen atoms in total. The first kappa shape index (κ1) is 7.79. The molecule has 1 aromatic carbocycles. The van der Waals surface area contributed by atoms with Crippen molar-refractivity contribution in [2.45, 2.75) is 0 Å². The van der Waals surface area contributed by atoms with Crippen LogP contribution in [0, 0.1) is 0 Å². The summed E-state index contributed by atoms with van der Waals surface area (Å²) < 4.78 is 0. The van der Waals surface area contributed by atoms with Gasteiger partial charge in [-0.15, -0.1) is 0 Å². The molecule has 1 radical (unpaired) electrons. The van der Waals surface area contributed by atoms with Crippen molar-refractivity contribution in [3.8, 4) is 0 Å². The summed E-state index contributed by atoms with van der Waals surface area (Å²) in [5.41, 5.74) is 1.35. The number of nitrogens with zero attached hydrogens (tertiary/aromatic N) is 1. The molecule has 13 heavy (non-hydrogen) atoms. The molecule has 0 bridgehead atoms. The topological polar surface area (TPSA) is 49.4 Å². The van der Waals surface area contributed by atoms with E-state index in [-0.39, 0.29) is 12.5 Å². The van der Waals surface area contributed by atoms with Gasteiger partial charge in [0.25, 0.3) is 0 Å². The Kier molecular flexibility index (Phi) is 1.73. The summed E-state index contributed by atoms with van der Waals surface area (Å²) in [6.07, 6.45) is 1.71. The Morgan fingerprint density at radius 2 is 2.15 bits per heavy atom. The third-order valence-corrected chi connectivity index (χ3v) is 1.88. The highest BCUT2D eigenvalue weighted by atomic mass is 16.2. The molecule has 1 aromatic rings. The molecule has 2 rings (SSSR count). The van der Waals surface area contributed by atoms with E-state index in [1.807, 2.05) is 0 Å². The second-order valence-corrected chi connectivity index (χ2v) is 2.74. The van der Waals surface area contributed by atoms with Crippen molar-refractivity contribution in [2.75, 3.05) is 16.8 Å². The van der Waals surface area contributed by atoms with Crippen LogP contribution < -0.4 is 10.2 Å². The number of anilines is 2. The van der Waals surface area contributed by atoms with Gasteiger partial charge in [-0.2, -0.15) is 0 Å². The molecule has 1 aliphatic heterocycles. The van der Waals surface area contributed by atoms with Gasteiger partial charge in [-0.1, -0.05) is 12.1 Å². The minimum absolute atomic E-state index is 0.0422. The highest BCUT2D eigenvalue weighted by Gasteiger charge is 2.20. The summed E-state index contributed by atoms with van der Waals surface area (Å²) in [6.45, 7) is 0.0422. The van der Waals surface area contributed by atoms with E-state index in [0.717, 1.165) is 0 Å². The molecule has 1 heterocycles. The van der Waals surface area contributed by atoms with Crippen molar-refractivity contribution < 1.29 is 9.59 Å². The highest BCUT2D eigenvalue weighted by molar-refractivity contribution is 6.05. The lowest BCUT2D eigenvalue weighted by atomic mass is 10.2. The van der Waals surface area contributed by atoms with E-state index < -0.39 is 0 Å². The number of carbonyl (C=O) groups is 1. The van der Waals surface area contributed by atoms with E-state index in [4.69, 9.17) is 0 Å². The number of hydrogen-bond acceptors (Lipinski definition) is 2. The Morgan fingerprint density at radius 3 is 2.92 bits per heavy atom. The molecule has 0 saturated heterocycles. The van der Waals surface area contributed by atoms with Crippen molar-refractivity contribution in [1.29, 1.82) is 0 Å². The summed E-state index contributed by atoms with van der Waals surface area (Å²) >= 11 is 0. The number of amides is 2. The van der Waals surface area contributed by atoms with Crippen molar-refractivity contribution in [3.63, 3.8) is 0 Å². The van der Waals surface area contributed by atoms with Gasteiger partial charge >= 0.3 is 6.41 Å². The molecule has 0 spiro atoms. The second-order valence-electron chi connectivity index (χ2n) is 2.74. The van der Waals surface area contributed by atoms with E-state index in [1.54, 1.807) is 30.7 Å². The number of carbonyl (C=O) groups excluding carboxylic acids is 2. The lowest BCUT2D eigenvalue weighted by Gasteiger charge is -2.24. The molecule has 0 unspecified atom stereocenters. The number of fused-ring (bicyclic) bond motifs is 1. The van der Waals surface area contributed by atoms with Crippen molar-refractivity contribution >= 4 is 23.7 Å². The van der Waals surface area contributed by atoms with Crippen LogP contribution >= 0.6 is 0 Å². The van der Waals surface area contributed by atoms with Crippen LogP contribution in [0.2, 0.25) is 0 Å². The van der Waals surface area contributed by atoms with Gasteiger partial charge in [-0.25, -0.2) is 0 Å². The van der Waals surface area contributed by atoms with Crippen LogP contribution in [0.1, 0.15) is 0 Å². The van der Waals surface area contributed by atoms with Crippen LogP contribution in [0.25, 0.3) is 0 Å². The largest absolute Gasteiger partial charge is 0.323 e. The second kappa shape index (κ2) is 2.90. The van der Waals surface area contributed by atoms with Gasteiger partial charge in [-0.05, 0) is 12.1 Å². The van der Waals surface area contributed by atoms with Crippen LogP contribution in [0.15, 0.2) is 24.3 Å². The molecule has 4 heteroatoms. The predicted molar refractivity (Wildman–Crippen MR) is 48.1 cm³/mol. The first-order valence-electron chi connectivity index (χ1n) is 3.85. The van der Waals surface area contributed by atoms with Crippen molar-refractivity contribution in [3.05, 3.63) is 24.3 Å². The molecule has 0 fully saturated rings. The zero-order valence-electron chi connectivity index (χ0n) is 6.78. The lowest BCUT2D eigenvalue weighted by molar-refractivity contribution is -0.115. The molecular weight excluding hydrogens is 168 g/mol. The quantitative estimate of drug-likeness (QED) is 0.676. The Hall–Kier alpha value is -1.84. The van der Waals surface area contributed by atoms with Crippen molar-refractivity contribution in [1.82, 2.24) is 0 Å². The SMILES string of the molecule is O=[C]N1CC(=O)Nc2ccccc21. The smallest absolute Gasteiger partial charge is 0.317 e. The zero-order chi connectivity index (χ0) is 9.26. The lowest BCUT2D eigenvalue weighted by Crippen LogP contribution is -2.37. The Balaban J connectivity index is 2.48. The molecular formula is C9H7N2O2. The molecule has 65 valence electrons. The summed E-state index contributed by atoms with van der Waals surface area (Å²) in [5, 5.41) is 2.66. The maximum atomic E-state index is 11.1. The van der Waals surface area contributed by atoms with Crippen LogP contribution in [-0.4, -0.2) is 18.9 Å². The first-order chi connectivity index (χ1) is 6.31. The van der Waals surface area contributed by atoms with Gasteiger partial charge in [0, 0.05) is 0 Å². The number of hydrogen-bond donors (Lipinski definition) is 1. The summed E-state index contributed by atoms with van der Waals surface area (Å²) in [6, 6.07) is 7.12. The number of benzene rings is 1. The van der Waals surface area contributed by atoms with Gasteiger partial charge in [0.1, 0.15) is 6.54 Å². The monoisotopic (exact) mass is 175 g/mol. The summed E-state index contributed by atoms with van der Waals surface area (Å²) in [7, 11) is 0. The Labute approximate surface area is 75.2 Å². The fraction of sp³-hybridized carbons (Fsp3) is 0.111. The minimum atomic E-state index is -0.193. The first-order valence-corrected chi connectivity index (χ1v) is 3.85. The average Bonchev–Trinajstić information content (AvgIpc) is 2.16. The van der Waals surface area contributed by atoms with Gasteiger partial charge < -0.3 is 5.32 Å². The molecule has 0 aromatic heterocycles. The summed E-state index contributed by atoms with van der Waals surface area (Å²) in [4.78, 5) is 22.8. The van der Waals surface area contributed by atoms with Gasteiger partial charge in [-0.3, -0.25) is 14.5 Å². The minimum Gasteiger partial charge on any atom is -0.323 e. The predicted octanol–water partition coefficient (Wildman–Crippen LogP) is 0.512. The Morgan fingerprint density at radius 1 is 1.38 bits per heavy atom. The number of nitrogens with one attached hydrogen (secondary N) is 1. The maximum absolute atomic E-state index is 11.1. The normalized spacial score (nSPS) is 14.8. The molecule has 2 amide bonds. The highest BCUT2D eigenvalue weighted by Crippen LogP contribution is 2.27. The fourth-order valence-electron chi connectivity index (χ4n) is 1.31. The fourth-order valence-corrected chi connectivity index (χ4v) is 1.31. The van der Waals surface area contributed by atoms with Gasteiger partial charge in [0.2, 0.25) is 5.91 Å². The Bertz CT molecular complexity index is 362. The van der Waals surface area contributed by atoms with Crippen molar-refractivity contribution in [2.24, 2.45) is 0 Å². The zero-order valence-corrected chi connectivity index (χ0v) is 6.78. The van der Waals surface area contributed by atoms with Gasteiger partial charge in [0.05, 0.1) is 11.4 Å². The summed E-state index contributed by atoms with van der Waals surface area (Å²) in [5.74, 6) is -0.193. The van der Waals surface area contributed by atoms with E-state index >= 15 is 0 Å². The van der Waals surface area contributed by atoms with Crippen LogP contribution in [0.5, 0.6) is 0 Å². The third kappa shape index (κ3) is 1.26. The number of rotatable bonds is 1. The van der Waals surface area contributed by atoms with E-state index in [0.29, 0.717) is 11.4 Å².